The summed E-state index contributed by atoms with van der Waals surface area (Å²) in [6.07, 6.45) is 11.4. The summed E-state index contributed by atoms with van der Waals surface area (Å²) in [5, 5.41) is 11.0. The number of hydrogen-bond donors (Lipinski definition) is 1. The molecule has 2 aliphatic rings. The maximum absolute atomic E-state index is 11.6. The summed E-state index contributed by atoms with van der Waals surface area (Å²) in [6.45, 7) is 10.8. The van der Waals surface area contributed by atoms with Gasteiger partial charge in [-0.1, -0.05) is 38.8 Å². The predicted octanol–water partition coefficient (Wildman–Crippen LogP) is 4.66. The van der Waals surface area contributed by atoms with Crippen LogP contribution in [-0.4, -0.2) is 23.3 Å². The van der Waals surface area contributed by atoms with Crippen LogP contribution in [0.5, 0.6) is 0 Å². The maximum Gasteiger partial charge on any atom is 0.330 e. The predicted molar refractivity (Wildman–Crippen MR) is 97.5 cm³/mol. The van der Waals surface area contributed by atoms with Gasteiger partial charge in [0, 0.05) is 12.0 Å². The molecule has 0 heterocycles. The second-order valence-corrected chi connectivity index (χ2v) is 8.35. The maximum atomic E-state index is 11.6. The van der Waals surface area contributed by atoms with Crippen molar-refractivity contribution in [1.82, 2.24) is 0 Å². The summed E-state index contributed by atoms with van der Waals surface area (Å²) in [5.74, 6) is 1.23. The highest BCUT2D eigenvalue weighted by molar-refractivity contribution is 5.83. The number of ether oxygens (including phenoxy) is 1. The fourth-order valence-corrected chi connectivity index (χ4v) is 5.25. The zero-order chi connectivity index (χ0) is 18.0. The van der Waals surface area contributed by atoms with Gasteiger partial charge < -0.3 is 9.84 Å². The summed E-state index contributed by atoms with van der Waals surface area (Å²) in [5.41, 5.74) is 0.335. The van der Waals surface area contributed by atoms with Gasteiger partial charge in [0.25, 0.3) is 0 Å². The van der Waals surface area contributed by atoms with Crippen molar-refractivity contribution < 1.29 is 14.6 Å². The normalized spacial score (nSPS) is 40.4. The standard InChI is InChI=1S/C21H34O3/c1-6-24-19(22)14-15(2)9-10-18-20(4)12-7-8-16(3)17(20)11-13-21(18,5)23/h9-10,14,16-18,23H,6-8,11-13H2,1-5H3/b10-9+,15-14+/t16-,17-,18+,20-,21+/m0/s1. The lowest BCUT2D eigenvalue weighted by atomic mass is 9.49. The molecule has 3 heteroatoms. The van der Waals surface area contributed by atoms with Crippen LogP contribution in [0.2, 0.25) is 0 Å². The van der Waals surface area contributed by atoms with E-state index in [4.69, 9.17) is 4.74 Å². The van der Waals surface area contributed by atoms with Crippen LogP contribution in [-0.2, 0) is 9.53 Å². The van der Waals surface area contributed by atoms with Crippen LogP contribution < -0.4 is 0 Å². The zero-order valence-electron chi connectivity index (χ0n) is 16.0. The molecule has 5 atom stereocenters. The molecule has 0 bridgehead atoms. The number of fused-ring (bicyclic) bond motifs is 1. The van der Waals surface area contributed by atoms with E-state index in [1.807, 2.05) is 19.9 Å². The Balaban J connectivity index is 2.24. The highest BCUT2D eigenvalue weighted by atomic mass is 16.5. The number of rotatable bonds is 4. The molecule has 2 rings (SSSR count). The third-order valence-corrected chi connectivity index (χ3v) is 6.43. The summed E-state index contributed by atoms with van der Waals surface area (Å²) in [6, 6.07) is 0. The van der Waals surface area contributed by atoms with E-state index in [9.17, 15) is 9.90 Å². The number of carbonyl (C=O) groups is 1. The first-order valence-corrected chi connectivity index (χ1v) is 9.46. The molecule has 0 aromatic heterocycles. The van der Waals surface area contributed by atoms with Gasteiger partial charge in [0.2, 0.25) is 0 Å². The van der Waals surface area contributed by atoms with Crippen molar-refractivity contribution in [2.24, 2.45) is 23.2 Å². The van der Waals surface area contributed by atoms with Gasteiger partial charge in [-0.2, -0.15) is 0 Å². The SMILES string of the molecule is CCOC(=O)/C=C(C)/C=C/[C@@H]1[C@@]2(C)CCC[C@H](C)[C@@H]2CC[C@@]1(C)O. The molecule has 0 aromatic rings. The van der Waals surface area contributed by atoms with Gasteiger partial charge in [-0.05, 0) is 62.9 Å². The first kappa shape index (κ1) is 19.2. The smallest absolute Gasteiger partial charge is 0.330 e. The third-order valence-electron chi connectivity index (χ3n) is 6.43. The van der Waals surface area contributed by atoms with Crippen molar-refractivity contribution in [3.8, 4) is 0 Å². The topological polar surface area (TPSA) is 46.5 Å². The molecular formula is C21H34O3. The summed E-state index contributed by atoms with van der Waals surface area (Å²) in [7, 11) is 0. The Morgan fingerprint density at radius 3 is 2.67 bits per heavy atom. The molecule has 0 amide bonds. The van der Waals surface area contributed by atoms with E-state index < -0.39 is 5.60 Å². The second-order valence-electron chi connectivity index (χ2n) is 8.35. The Kier molecular flexibility index (Phi) is 5.95. The largest absolute Gasteiger partial charge is 0.463 e. The molecule has 3 nitrogen and oxygen atoms in total. The summed E-state index contributed by atoms with van der Waals surface area (Å²) in [4.78, 5) is 11.6. The van der Waals surface area contributed by atoms with Crippen molar-refractivity contribution >= 4 is 5.97 Å². The molecule has 136 valence electrons. The molecule has 2 saturated carbocycles. The van der Waals surface area contributed by atoms with E-state index in [1.165, 1.54) is 25.3 Å². The monoisotopic (exact) mass is 334 g/mol. The molecule has 2 aliphatic carbocycles. The van der Waals surface area contributed by atoms with Gasteiger partial charge in [-0.3, -0.25) is 0 Å². The quantitative estimate of drug-likeness (QED) is 0.462. The minimum Gasteiger partial charge on any atom is -0.463 e. The van der Waals surface area contributed by atoms with Gasteiger partial charge in [0.1, 0.15) is 0 Å². The molecule has 0 aliphatic heterocycles. The Morgan fingerprint density at radius 1 is 1.29 bits per heavy atom. The van der Waals surface area contributed by atoms with Crippen molar-refractivity contribution in [2.75, 3.05) is 6.61 Å². The average Bonchev–Trinajstić information content (AvgIpc) is 2.45. The van der Waals surface area contributed by atoms with Crippen LogP contribution in [0.25, 0.3) is 0 Å². The van der Waals surface area contributed by atoms with Crippen LogP contribution in [0.1, 0.15) is 66.7 Å². The number of allylic oxidation sites excluding steroid dienone is 2. The Hall–Kier alpha value is -1.09. The molecule has 0 radical (unpaired) electrons. The fourth-order valence-electron chi connectivity index (χ4n) is 5.25. The van der Waals surface area contributed by atoms with Gasteiger partial charge in [-0.25, -0.2) is 4.79 Å². The van der Waals surface area contributed by atoms with Crippen LogP contribution in [0.15, 0.2) is 23.8 Å². The lowest BCUT2D eigenvalue weighted by Gasteiger charge is -2.57. The highest BCUT2D eigenvalue weighted by Crippen LogP contribution is 2.58. The molecular weight excluding hydrogens is 300 g/mol. The van der Waals surface area contributed by atoms with E-state index in [0.717, 1.165) is 24.3 Å². The number of carbonyl (C=O) groups excluding carboxylic acids is 1. The Labute approximate surface area is 147 Å². The Morgan fingerprint density at radius 2 is 2.00 bits per heavy atom. The van der Waals surface area contributed by atoms with Crippen molar-refractivity contribution in [1.29, 1.82) is 0 Å². The average molecular weight is 335 g/mol. The molecule has 0 saturated heterocycles. The zero-order valence-corrected chi connectivity index (χ0v) is 16.0. The fraction of sp³-hybridized carbons (Fsp3) is 0.762. The van der Waals surface area contributed by atoms with E-state index in [0.29, 0.717) is 12.5 Å². The third kappa shape index (κ3) is 3.93. The van der Waals surface area contributed by atoms with E-state index >= 15 is 0 Å². The van der Waals surface area contributed by atoms with Gasteiger partial charge in [-0.15, -0.1) is 0 Å². The highest BCUT2D eigenvalue weighted by Gasteiger charge is 2.54. The molecule has 0 unspecified atom stereocenters. The van der Waals surface area contributed by atoms with Gasteiger partial charge >= 0.3 is 5.97 Å². The van der Waals surface area contributed by atoms with E-state index in [2.05, 4.69) is 19.9 Å². The van der Waals surface area contributed by atoms with Gasteiger partial charge in [0.15, 0.2) is 0 Å². The lowest BCUT2D eigenvalue weighted by Crippen LogP contribution is -2.54. The molecule has 24 heavy (non-hydrogen) atoms. The summed E-state index contributed by atoms with van der Waals surface area (Å²) < 4.78 is 4.97. The van der Waals surface area contributed by atoms with E-state index in [1.54, 1.807) is 6.92 Å². The molecule has 2 fully saturated rings. The van der Waals surface area contributed by atoms with Crippen LogP contribution in [0.4, 0.5) is 0 Å². The minimum absolute atomic E-state index is 0.122. The Bertz CT molecular complexity index is 517. The van der Waals surface area contributed by atoms with Crippen molar-refractivity contribution in [3.05, 3.63) is 23.8 Å². The van der Waals surface area contributed by atoms with Crippen molar-refractivity contribution in [3.63, 3.8) is 0 Å². The summed E-state index contributed by atoms with van der Waals surface area (Å²) >= 11 is 0. The number of aliphatic hydroxyl groups is 1. The number of hydrogen-bond acceptors (Lipinski definition) is 3. The second kappa shape index (κ2) is 7.43. The molecule has 0 aromatic carbocycles. The molecule has 0 spiro atoms. The van der Waals surface area contributed by atoms with Crippen LogP contribution >= 0.6 is 0 Å². The minimum atomic E-state index is -0.678. The lowest BCUT2D eigenvalue weighted by molar-refractivity contribution is -0.137. The van der Waals surface area contributed by atoms with Crippen LogP contribution in [0.3, 0.4) is 0 Å². The molecule has 1 N–H and O–H groups in total. The first-order chi connectivity index (χ1) is 11.2. The first-order valence-electron chi connectivity index (χ1n) is 9.46. The van der Waals surface area contributed by atoms with Crippen molar-refractivity contribution in [2.45, 2.75) is 72.3 Å². The number of esters is 1. The van der Waals surface area contributed by atoms with Crippen LogP contribution in [0, 0.1) is 23.2 Å². The van der Waals surface area contributed by atoms with Gasteiger partial charge in [0.05, 0.1) is 12.2 Å². The van der Waals surface area contributed by atoms with E-state index in [-0.39, 0.29) is 17.3 Å².